The Morgan fingerprint density at radius 1 is 1.00 bits per heavy atom. The van der Waals surface area contributed by atoms with Crippen LogP contribution in [0.1, 0.15) is 16.9 Å². The molecule has 0 fully saturated rings. The number of carbonyl (C=O) groups is 1. The molecule has 2 aromatic heterocycles. The van der Waals surface area contributed by atoms with Gasteiger partial charge in [-0.2, -0.15) is 0 Å². The number of furan rings is 1. The van der Waals surface area contributed by atoms with Crippen LogP contribution in [0, 0.1) is 0 Å². The molecule has 0 unspecified atom stereocenters. The molecule has 0 aliphatic carbocycles. The molecule has 4 rings (SSSR count). The first kappa shape index (κ1) is 21.6. The Labute approximate surface area is 189 Å². The maximum Gasteiger partial charge on any atom is 0.330 e. The summed E-state index contributed by atoms with van der Waals surface area (Å²) in [6.07, 6.45) is 4.47. The maximum absolute atomic E-state index is 13.2. The van der Waals surface area contributed by atoms with Gasteiger partial charge in [-0.1, -0.05) is 60.7 Å². The summed E-state index contributed by atoms with van der Waals surface area (Å²) in [5.41, 5.74) is 6.41. The van der Waals surface area contributed by atoms with Crippen molar-refractivity contribution in [1.82, 2.24) is 9.55 Å². The van der Waals surface area contributed by atoms with E-state index in [2.05, 4.69) is 4.98 Å². The van der Waals surface area contributed by atoms with Crippen LogP contribution >= 0.6 is 0 Å². The maximum atomic E-state index is 13.2. The molecule has 33 heavy (non-hydrogen) atoms. The highest BCUT2D eigenvalue weighted by Crippen LogP contribution is 2.21. The van der Waals surface area contributed by atoms with E-state index < -0.39 is 17.2 Å². The van der Waals surface area contributed by atoms with E-state index >= 15 is 0 Å². The molecule has 1 amide bonds. The van der Waals surface area contributed by atoms with Gasteiger partial charge in [-0.05, 0) is 29.3 Å². The number of H-pyrrole nitrogens is 1. The van der Waals surface area contributed by atoms with Gasteiger partial charge in [0.2, 0.25) is 0 Å². The molecule has 0 aliphatic heterocycles. The van der Waals surface area contributed by atoms with Crippen molar-refractivity contribution < 1.29 is 9.21 Å². The molecule has 0 radical (unpaired) electrons. The van der Waals surface area contributed by atoms with Gasteiger partial charge in [-0.3, -0.25) is 24.0 Å². The number of anilines is 2. The number of carbonyl (C=O) groups excluding carboxylic acids is 1. The molecule has 0 atom stereocenters. The molecular weight excluding hydrogens is 420 g/mol. The zero-order chi connectivity index (χ0) is 23.2. The lowest BCUT2D eigenvalue weighted by atomic mass is 10.2. The van der Waals surface area contributed by atoms with E-state index in [0.717, 1.165) is 11.1 Å². The number of nitrogens with two attached hydrogens (primary N) is 1. The molecule has 0 spiro atoms. The van der Waals surface area contributed by atoms with Crippen LogP contribution in [-0.2, 0) is 17.9 Å². The molecule has 4 aromatic rings. The van der Waals surface area contributed by atoms with E-state index in [9.17, 15) is 14.4 Å². The van der Waals surface area contributed by atoms with Crippen molar-refractivity contribution in [3.8, 4) is 0 Å². The summed E-state index contributed by atoms with van der Waals surface area (Å²) in [4.78, 5) is 42.0. The number of benzene rings is 2. The Kier molecular flexibility index (Phi) is 6.36. The zero-order valence-corrected chi connectivity index (χ0v) is 17.7. The van der Waals surface area contributed by atoms with Gasteiger partial charge >= 0.3 is 5.69 Å². The number of amides is 1. The minimum atomic E-state index is -0.755. The van der Waals surface area contributed by atoms with E-state index in [1.54, 1.807) is 18.2 Å². The smallest absolute Gasteiger partial charge is 0.330 e. The Morgan fingerprint density at radius 3 is 2.36 bits per heavy atom. The Hall–Kier alpha value is -4.59. The second-order valence-electron chi connectivity index (χ2n) is 7.31. The van der Waals surface area contributed by atoms with Crippen LogP contribution in [0.25, 0.3) is 6.08 Å². The highest BCUT2D eigenvalue weighted by molar-refractivity contribution is 6.05. The summed E-state index contributed by atoms with van der Waals surface area (Å²) in [5.74, 6) is -0.144. The quantitative estimate of drug-likeness (QED) is 0.427. The van der Waals surface area contributed by atoms with E-state index in [1.807, 2.05) is 60.7 Å². The fourth-order valence-electron chi connectivity index (χ4n) is 3.41. The third-order valence-corrected chi connectivity index (χ3v) is 5.05. The number of aromatic amines is 1. The van der Waals surface area contributed by atoms with Gasteiger partial charge in [0, 0.05) is 6.08 Å². The molecule has 0 bridgehead atoms. The van der Waals surface area contributed by atoms with Crippen molar-refractivity contribution in [3.05, 3.63) is 123 Å². The van der Waals surface area contributed by atoms with Crippen LogP contribution in [0.5, 0.6) is 0 Å². The summed E-state index contributed by atoms with van der Waals surface area (Å²) in [5, 5.41) is 0. The normalized spacial score (nSPS) is 11.0. The van der Waals surface area contributed by atoms with Crippen molar-refractivity contribution in [2.24, 2.45) is 0 Å². The molecule has 3 N–H and O–H groups in total. The topological polar surface area (TPSA) is 114 Å². The summed E-state index contributed by atoms with van der Waals surface area (Å²) < 4.78 is 6.62. The second-order valence-corrected chi connectivity index (χ2v) is 7.31. The second kappa shape index (κ2) is 9.69. The molecular formula is C25H22N4O4. The number of nitrogens with zero attached hydrogens (tertiary/aromatic N) is 2. The highest BCUT2D eigenvalue weighted by atomic mass is 16.3. The lowest BCUT2D eigenvalue weighted by Gasteiger charge is -2.22. The molecule has 2 heterocycles. The van der Waals surface area contributed by atoms with Gasteiger partial charge in [-0.15, -0.1) is 0 Å². The van der Waals surface area contributed by atoms with E-state index in [0.29, 0.717) is 5.76 Å². The zero-order valence-electron chi connectivity index (χ0n) is 17.7. The van der Waals surface area contributed by atoms with Crippen LogP contribution in [0.15, 0.2) is 99.1 Å². The van der Waals surface area contributed by atoms with Crippen LogP contribution in [0.4, 0.5) is 11.5 Å². The van der Waals surface area contributed by atoms with Crippen LogP contribution in [0.3, 0.4) is 0 Å². The van der Waals surface area contributed by atoms with E-state index in [-0.39, 0.29) is 24.6 Å². The van der Waals surface area contributed by atoms with Gasteiger partial charge < -0.3 is 10.2 Å². The Balaban J connectivity index is 1.76. The molecule has 0 saturated carbocycles. The number of rotatable bonds is 7. The summed E-state index contributed by atoms with van der Waals surface area (Å²) in [6.45, 7) is 0.0969. The number of hydrogen-bond donors (Lipinski definition) is 2. The summed E-state index contributed by atoms with van der Waals surface area (Å²) in [7, 11) is 0. The first-order valence-electron chi connectivity index (χ1n) is 10.3. The molecule has 8 heteroatoms. The monoisotopic (exact) mass is 442 g/mol. The summed E-state index contributed by atoms with van der Waals surface area (Å²) in [6, 6.07) is 21.9. The van der Waals surface area contributed by atoms with Crippen molar-refractivity contribution in [3.63, 3.8) is 0 Å². The van der Waals surface area contributed by atoms with Crippen molar-refractivity contribution in [1.29, 1.82) is 0 Å². The molecule has 0 saturated heterocycles. The van der Waals surface area contributed by atoms with Crippen LogP contribution in [-0.4, -0.2) is 15.5 Å². The van der Waals surface area contributed by atoms with Crippen molar-refractivity contribution in [2.75, 3.05) is 10.6 Å². The molecule has 8 nitrogen and oxygen atoms in total. The van der Waals surface area contributed by atoms with Gasteiger partial charge in [0.05, 0.1) is 19.4 Å². The SMILES string of the molecule is Nc1c(N(Cc2ccco2)C(=O)/C=C/c2ccccc2)c(=O)[nH]c(=O)n1Cc1ccccc1. The minimum Gasteiger partial charge on any atom is -0.467 e. The lowest BCUT2D eigenvalue weighted by Crippen LogP contribution is -2.40. The number of hydrogen-bond acceptors (Lipinski definition) is 5. The highest BCUT2D eigenvalue weighted by Gasteiger charge is 2.24. The predicted octanol–water partition coefficient (Wildman–Crippen LogP) is 3.01. The molecule has 166 valence electrons. The van der Waals surface area contributed by atoms with Crippen molar-refractivity contribution in [2.45, 2.75) is 13.1 Å². The predicted molar refractivity (Wildman–Crippen MR) is 127 cm³/mol. The summed E-state index contributed by atoms with van der Waals surface area (Å²) >= 11 is 0. The number of aromatic nitrogens is 2. The first-order chi connectivity index (χ1) is 16.0. The third kappa shape index (κ3) is 5.01. The van der Waals surface area contributed by atoms with E-state index in [1.165, 1.54) is 21.8 Å². The Bertz CT molecular complexity index is 1370. The fraction of sp³-hybridized carbons (Fsp3) is 0.0800. The Morgan fingerprint density at radius 2 is 1.70 bits per heavy atom. The molecule has 2 aromatic carbocycles. The van der Waals surface area contributed by atoms with Gasteiger partial charge in [0.1, 0.15) is 11.6 Å². The van der Waals surface area contributed by atoms with Crippen molar-refractivity contribution >= 4 is 23.5 Å². The average Bonchev–Trinajstić information content (AvgIpc) is 3.34. The molecule has 0 aliphatic rings. The average molecular weight is 442 g/mol. The lowest BCUT2D eigenvalue weighted by molar-refractivity contribution is -0.114. The largest absolute Gasteiger partial charge is 0.467 e. The van der Waals surface area contributed by atoms with Gasteiger partial charge in [0.15, 0.2) is 5.69 Å². The van der Waals surface area contributed by atoms with Gasteiger partial charge in [0.25, 0.3) is 11.5 Å². The standard InChI is InChI=1S/C25H22N4O4/c26-23-22(24(31)27-25(32)29(23)16-19-10-5-2-6-11-19)28(17-20-12-7-15-33-20)21(30)14-13-18-8-3-1-4-9-18/h1-15H,16-17,26H2,(H,27,31,32)/b14-13+. The fourth-order valence-corrected chi connectivity index (χ4v) is 3.41. The number of nitrogen functional groups attached to an aromatic ring is 1. The third-order valence-electron chi connectivity index (χ3n) is 5.05. The van der Waals surface area contributed by atoms with Crippen LogP contribution < -0.4 is 21.9 Å². The minimum absolute atomic E-state index is 0.0399. The van der Waals surface area contributed by atoms with E-state index in [4.69, 9.17) is 10.2 Å². The van der Waals surface area contributed by atoms with Crippen LogP contribution in [0.2, 0.25) is 0 Å². The van der Waals surface area contributed by atoms with Gasteiger partial charge in [-0.25, -0.2) is 4.79 Å². The number of nitrogens with one attached hydrogen (secondary N) is 1. The first-order valence-corrected chi connectivity index (χ1v) is 10.3.